The molecule has 0 unspecified atom stereocenters. The first-order chi connectivity index (χ1) is 12.8. The molecule has 138 valence electrons. The quantitative estimate of drug-likeness (QED) is 0.678. The van der Waals surface area contributed by atoms with Crippen LogP contribution in [0.25, 0.3) is 11.3 Å². The van der Waals surface area contributed by atoms with E-state index in [-0.39, 0.29) is 5.91 Å². The first-order valence-corrected chi connectivity index (χ1v) is 9.05. The Hall–Kier alpha value is -3.01. The van der Waals surface area contributed by atoms with Crippen LogP contribution in [0, 0.1) is 13.8 Å². The van der Waals surface area contributed by atoms with E-state index in [9.17, 15) is 4.79 Å². The Morgan fingerprint density at radius 3 is 2.26 bits per heavy atom. The summed E-state index contributed by atoms with van der Waals surface area (Å²) >= 11 is 0. The van der Waals surface area contributed by atoms with E-state index in [2.05, 4.69) is 9.97 Å². The van der Waals surface area contributed by atoms with Crippen molar-refractivity contribution in [2.24, 2.45) is 0 Å². The normalized spacial score (nSPS) is 11.3. The third kappa shape index (κ3) is 3.61. The summed E-state index contributed by atoms with van der Waals surface area (Å²) in [6.45, 7) is 7.81. The molecule has 0 atom stereocenters. The molecule has 1 heterocycles. The van der Waals surface area contributed by atoms with Crippen LogP contribution < -0.4 is 4.90 Å². The lowest BCUT2D eigenvalue weighted by atomic mass is 9.83. The summed E-state index contributed by atoms with van der Waals surface area (Å²) < 4.78 is 0. The van der Waals surface area contributed by atoms with Crippen molar-refractivity contribution < 1.29 is 4.79 Å². The monoisotopic (exact) mass is 359 g/mol. The van der Waals surface area contributed by atoms with Crippen LogP contribution in [-0.4, -0.2) is 22.9 Å². The molecule has 2 aromatic carbocycles. The van der Waals surface area contributed by atoms with Crippen LogP contribution in [0.1, 0.15) is 30.8 Å². The van der Waals surface area contributed by atoms with Gasteiger partial charge >= 0.3 is 0 Å². The minimum Gasteiger partial charge on any atom is -0.311 e. The Morgan fingerprint density at radius 2 is 1.59 bits per heavy atom. The van der Waals surface area contributed by atoms with Gasteiger partial charge in [-0.15, -0.1) is 0 Å². The largest absolute Gasteiger partial charge is 0.311 e. The lowest BCUT2D eigenvalue weighted by molar-refractivity contribution is -0.122. The van der Waals surface area contributed by atoms with Gasteiger partial charge in [0.05, 0.1) is 23.0 Å². The van der Waals surface area contributed by atoms with Gasteiger partial charge in [0.15, 0.2) is 0 Å². The van der Waals surface area contributed by atoms with Gasteiger partial charge in [-0.25, -0.2) is 9.97 Å². The summed E-state index contributed by atoms with van der Waals surface area (Å²) in [7, 11) is 1.79. The number of aromatic nitrogens is 2. The van der Waals surface area contributed by atoms with Crippen LogP contribution in [0.2, 0.25) is 0 Å². The lowest BCUT2D eigenvalue weighted by Gasteiger charge is -2.30. The highest BCUT2D eigenvalue weighted by Crippen LogP contribution is 2.33. The van der Waals surface area contributed by atoms with Crippen molar-refractivity contribution in [3.63, 3.8) is 0 Å². The number of benzene rings is 2. The number of rotatable bonds is 4. The van der Waals surface area contributed by atoms with Crippen molar-refractivity contribution in [3.05, 3.63) is 77.7 Å². The van der Waals surface area contributed by atoms with Crippen LogP contribution in [-0.2, 0) is 10.2 Å². The van der Waals surface area contributed by atoms with Crippen molar-refractivity contribution in [1.29, 1.82) is 0 Å². The van der Waals surface area contributed by atoms with Crippen molar-refractivity contribution in [3.8, 4) is 11.3 Å². The highest BCUT2D eigenvalue weighted by molar-refractivity contribution is 6.02. The Morgan fingerprint density at radius 1 is 0.963 bits per heavy atom. The lowest BCUT2D eigenvalue weighted by Crippen LogP contribution is -2.41. The predicted octanol–water partition coefficient (Wildman–Crippen LogP) is 4.70. The van der Waals surface area contributed by atoms with Gasteiger partial charge in [0, 0.05) is 12.6 Å². The molecule has 3 rings (SSSR count). The second-order valence-corrected chi connectivity index (χ2v) is 7.32. The molecule has 0 spiro atoms. The van der Waals surface area contributed by atoms with Crippen LogP contribution in [0.15, 0.2) is 60.8 Å². The van der Waals surface area contributed by atoms with E-state index in [0.29, 0.717) is 11.5 Å². The SMILES string of the molecule is Cc1ncc(N(C)C(=O)C(C)(C)c2ccccc2)c(-c2ccccc2C)n1. The Bertz CT molecular complexity index is 964. The molecule has 3 aromatic rings. The summed E-state index contributed by atoms with van der Waals surface area (Å²) in [6, 6.07) is 17.9. The zero-order valence-electron chi connectivity index (χ0n) is 16.5. The molecular formula is C23H25N3O. The molecule has 4 heteroatoms. The average Bonchev–Trinajstić information content (AvgIpc) is 2.68. The number of anilines is 1. The maximum atomic E-state index is 13.4. The molecule has 27 heavy (non-hydrogen) atoms. The number of carbonyl (C=O) groups is 1. The minimum atomic E-state index is -0.663. The second-order valence-electron chi connectivity index (χ2n) is 7.32. The molecule has 4 nitrogen and oxygen atoms in total. The van der Waals surface area contributed by atoms with E-state index in [1.54, 1.807) is 18.1 Å². The number of aryl methyl sites for hydroxylation is 2. The fraction of sp³-hybridized carbons (Fsp3) is 0.261. The molecule has 0 radical (unpaired) electrons. The number of likely N-dealkylation sites (N-methyl/N-ethyl adjacent to an activating group) is 1. The smallest absolute Gasteiger partial charge is 0.236 e. The molecule has 0 aliphatic heterocycles. The van der Waals surface area contributed by atoms with Crippen molar-refractivity contribution in [1.82, 2.24) is 9.97 Å². The fourth-order valence-electron chi connectivity index (χ4n) is 3.25. The zero-order valence-corrected chi connectivity index (χ0v) is 16.5. The number of carbonyl (C=O) groups excluding carboxylic acids is 1. The van der Waals surface area contributed by atoms with Crippen LogP contribution in [0.4, 0.5) is 5.69 Å². The molecule has 0 aliphatic rings. The summed E-state index contributed by atoms with van der Waals surface area (Å²) in [5.41, 5.74) is 3.93. The van der Waals surface area contributed by atoms with Crippen molar-refractivity contribution in [2.75, 3.05) is 11.9 Å². The van der Waals surface area contributed by atoms with E-state index < -0.39 is 5.41 Å². The van der Waals surface area contributed by atoms with Gasteiger partial charge in [-0.05, 0) is 38.8 Å². The van der Waals surface area contributed by atoms with E-state index in [0.717, 1.165) is 22.4 Å². The van der Waals surface area contributed by atoms with Gasteiger partial charge in [-0.1, -0.05) is 54.6 Å². The Kier molecular flexibility index (Phi) is 5.08. The average molecular weight is 359 g/mol. The Balaban J connectivity index is 2.06. The summed E-state index contributed by atoms with van der Waals surface area (Å²) in [4.78, 5) is 24.1. The maximum Gasteiger partial charge on any atom is 0.236 e. The molecule has 0 aliphatic carbocycles. The first kappa shape index (κ1) is 18.8. The number of amides is 1. The summed E-state index contributed by atoms with van der Waals surface area (Å²) in [6.07, 6.45) is 1.74. The number of nitrogens with zero attached hydrogens (tertiary/aromatic N) is 3. The van der Waals surface area contributed by atoms with E-state index in [4.69, 9.17) is 0 Å². The Labute approximate surface area is 160 Å². The van der Waals surface area contributed by atoms with E-state index in [1.807, 2.05) is 82.3 Å². The van der Waals surface area contributed by atoms with E-state index >= 15 is 0 Å². The number of hydrogen-bond acceptors (Lipinski definition) is 3. The molecule has 0 saturated carbocycles. The number of hydrogen-bond donors (Lipinski definition) is 0. The first-order valence-electron chi connectivity index (χ1n) is 9.05. The van der Waals surface area contributed by atoms with Crippen LogP contribution in [0.5, 0.6) is 0 Å². The van der Waals surface area contributed by atoms with Crippen molar-refractivity contribution in [2.45, 2.75) is 33.1 Å². The summed E-state index contributed by atoms with van der Waals surface area (Å²) in [5.74, 6) is 0.677. The third-order valence-electron chi connectivity index (χ3n) is 4.99. The van der Waals surface area contributed by atoms with Crippen LogP contribution in [0.3, 0.4) is 0 Å². The van der Waals surface area contributed by atoms with Crippen molar-refractivity contribution >= 4 is 11.6 Å². The zero-order chi connectivity index (χ0) is 19.6. The second kappa shape index (κ2) is 7.31. The van der Waals surface area contributed by atoms with Gasteiger partial charge in [-0.2, -0.15) is 0 Å². The molecule has 0 bridgehead atoms. The van der Waals surface area contributed by atoms with Gasteiger partial charge in [0.2, 0.25) is 5.91 Å². The fourth-order valence-corrected chi connectivity index (χ4v) is 3.25. The topological polar surface area (TPSA) is 46.1 Å². The molecule has 0 fully saturated rings. The van der Waals surface area contributed by atoms with Gasteiger partial charge in [-0.3, -0.25) is 4.79 Å². The van der Waals surface area contributed by atoms with Crippen LogP contribution >= 0.6 is 0 Å². The van der Waals surface area contributed by atoms with E-state index in [1.165, 1.54) is 0 Å². The predicted molar refractivity (Wildman–Crippen MR) is 110 cm³/mol. The molecule has 1 aromatic heterocycles. The maximum absolute atomic E-state index is 13.4. The molecular weight excluding hydrogens is 334 g/mol. The molecule has 0 saturated heterocycles. The standard InChI is InChI=1S/C23H25N3O/c1-16-11-9-10-14-19(16)21-20(15-24-17(2)25-21)26(5)22(27)23(3,4)18-12-7-6-8-13-18/h6-15H,1-5H3. The third-order valence-corrected chi connectivity index (χ3v) is 4.99. The highest BCUT2D eigenvalue weighted by atomic mass is 16.2. The molecule has 0 N–H and O–H groups in total. The van der Waals surface area contributed by atoms with Gasteiger partial charge in [0.25, 0.3) is 0 Å². The van der Waals surface area contributed by atoms with Gasteiger partial charge in [0.1, 0.15) is 5.82 Å². The minimum absolute atomic E-state index is 0.00372. The molecule has 1 amide bonds. The van der Waals surface area contributed by atoms with Gasteiger partial charge < -0.3 is 4.90 Å². The highest BCUT2D eigenvalue weighted by Gasteiger charge is 2.34. The summed E-state index contributed by atoms with van der Waals surface area (Å²) in [5, 5.41) is 0.